The van der Waals surface area contributed by atoms with Gasteiger partial charge >= 0.3 is 11.6 Å². The van der Waals surface area contributed by atoms with Gasteiger partial charge in [-0.15, -0.1) is 0 Å². The van der Waals surface area contributed by atoms with Crippen molar-refractivity contribution >= 4 is 22.7 Å². The lowest BCUT2D eigenvalue weighted by molar-refractivity contribution is -0.149. The summed E-state index contributed by atoms with van der Waals surface area (Å²) in [6.45, 7) is 9.24. The molecular weight excluding hydrogens is 372 g/mol. The van der Waals surface area contributed by atoms with E-state index in [9.17, 15) is 14.4 Å². The first kappa shape index (κ1) is 22.7. The Bertz CT molecular complexity index is 954. The standard InChI is InChI=1S/C23H30O6/c1-7-8-9-17-14(4)16-10-11-18(20(15(5)24)21(16)29-22(17)25)28-19(12-13(2)3)23(26)27-6/h10-11,13,19H,7-9,12H2,1-6H3/t19-/m1/s1. The zero-order valence-corrected chi connectivity index (χ0v) is 18.1. The van der Waals surface area contributed by atoms with Crippen LogP contribution in [0, 0.1) is 12.8 Å². The number of ether oxygens (including phenoxy) is 2. The molecule has 0 aliphatic carbocycles. The van der Waals surface area contributed by atoms with Gasteiger partial charge in [-0.1, -0.05) is 27.2 Å². The normalized spacial score (nSPS) is 12.2. The molecule has 0 spiro atoms. The molecule has 1 aromatic heterocycles. The molecular formula is C23H30O6. The summed E-state index contributed by atoms with van der Waals surface area (Å²) >= 11 is 0. The van der Waals surface area contributed by atoms with Gasteiger partial charge in [0.25, 0.3) is 0 Å². The fourth-order valence-electron chi connectivity index (χ4n) is 3.42. The number of methoxy groups -OCH3 is 1. The van der Waals surface area contributed by atoms with Gasteiger partial charge in [0.05, 0.1) is 7.11 Å². The molecule has 1 atom stereocenters. The molecule has 6 heteroatoms. The largest absolute Gasteiger partial charge is 0.478 e. The number of carbonyl (C=O) groups is 2. The Balaban J connectivity index is 2.63. The summed E-state index contributed by atoms with van der Waals surface area (Å²) in [7, 11) is 1.30. The van der Waals surface area contributed by atoms with E-state index in [1.807, 2.05) is 20.8 Å². The molecule has 0 aliphatic rings. The fourth-order valence-corrected chi connectivity index (χ4v) is 3.42. The molecule has 1 heterocycles. The minimum Gasteiger partial charge on any atom is -0.478 e. The highest BCUT2D eigenvalue weighted by Crippen LogP contribution is 2.32. The first-order chi connectivity index (χ1) is 13.7. The molecule has 0 radical (unpaired) electrons. The monoisotopic (exact) mass is 402 g/mol. The Morgan fingerprint density at radius 2 is 1.90 bits per heavy atom. The number of Topliss-reactive ketones (excluding diaryl/α,β-unsaturated/α-hetero) is 1. The maximum atomic E-state index is 12.6. The number of hydrogen-bond donors (Lipinski definition) is 0. The molecule has 6 nitrogen and oxygen atoms in total. The Morgan fingerprint density at radius 1 is 1.21 bits per heavy atom. The molecule has 0 N–H and O–H groups in total. The molecule has 2 rings (SSSR count). The molecule has 0 fully saturated rings. The number of hydrogen-bond acceptors (Lipinski definition) is 6. The van der Waals surface area contributed by atoms with Gasteiger partial charge in [-0.2, -0.15) is 0 Å². The molecule has 0 unspecified atom stereocenters. The van der Waals surface area contributed by atoms with E-state index in [0.29, 0.717) is 23.8 Å². The van der Waals surface area contributed by atoms with E-state index in [2.05, 4.69) is 6.92 Å². The molecule has 158 valence electrons. The SMILES string of the molecule is CCCCc1c(C)c2ccc(O[C@H](CC(C)C)C(=O)OC)c(C(C)=O)c2oc1=O. The van der Waals surface area contributed by atoms with Gasteiger partial charge in [0.15, 0.2) is 17.5 Å². The average Bonchev–Trinajstić information content (AvgIpc) is 2.65. The summed E-state index contributed by atoms with van der Waals surface area (Å²) in [5, 5.41) is 0.701. The van der Waals surface area contributed by atoms with Gasteiger partial charge in [0.1, 0.15) is 11.3 Å². The number of esters is 1. The number of benzene rings is 1. The predicted octanol–water partition coefficient (Wildman–Crippen LogP) is 4.61. The van der Waals surface area contributed by atoms with E-state index in [1.165, 1.54) is 14.0 Å². The topological polar surface area (TPSA) is 82.8 Å². The van der Waals surface area contributed by atoms with Crippen LogP contribution in [-0.4, -0.2) is 25.0 Å². The van der Waals surface area contributed by atoms with E-state index < -0.39 is 17.7 Å². The summed E-state index contributed by atoms with van der Waals surface area (Å²) in [6.07, 6.45) is 2.06. The van der Waals surface area contributed by atoms with Crippen LogP contribution >= 0.6 is 0 Å². The highest BCUT2D eigenvalue weighted by molar-refractivity contribution is 6.08. The van der Waals surface area contributed by atoms with Crippen LogP contribution in [0.4, 0.5) is 0 Å². The minimum atomic E-state index is -0.854. The van der Waals surface area contributed by atoms with Crippen molar-refractivity contribution in [2.75, 3.05) is 7.11 Å². The number of carbonyl (C=O) groups excluding carboxylic acids is 2. The molecule has 0 saturated heterocycles. The van der Waals surface area contributed by atoms with Gasteiger partial charge in [0, 0.05) is 10.9 Å². The number of unbranched alkanes of at least 4 members (excludes halogenated alkanes) is 1. The second-order valence-electron chi connectivity index (χ2n) is 7.73. The first-order valence-electron chi connectivity index (χ1n) is 10.1. The van der Waals surface area contributed by atoms with Crippen LogP contribution < -0.4 is 10.4 Å². The summed E-state index contributed by atoms with van der Waals surface area (Å²) in [6, 6.07) is 3.43. The number of aryl methyl sites for hydroxylation is 1. The van der Waals surface area contributed by atoms with E-state index in [0.717, 1.165) is 18.4 Å². The maximum absolute atomic E-state index is 12.6. The first-order valence-corrected chi connectivity index (χ1v) is 10.1. The van der Waals surface area contributed by atoms with Gasteiger partial charge in [-0.05, 0) is 56.7 Å². The number of fused-ring (bicyclic) bond motifs is 1. The zero-order valence-electron chi connectivity index (χ0n) is 18.1. The lowest BCUT2D eigenvalue weighted by Crippen LogP contribution is -2.30. The predicted molar refractivity (Wildman–Crippen MR) is 112 cm³/mol. The maximum Gasteiger partial charge on any atom is 0.347 e. The van der Waals surface area contributed by atoms with Crippen LogP contribution in [-0.2, 0) is 16.0 Å². The van der Waals surface area contributed by atoms with Gasteiger partial charge in [-0.3, -0.25) is 4.79 Å². The molecule has 0 amide bonds. The average molecular weight is 402 g/mol. The highest BCUT2D eigenvalue weighted by Gasteiger charge is 2.26. The Hall–Kier alpha value is -2.63. The second-order valence-corrected chi connectivity index (χ2v) is 7.73. The van der Waals surface area contributed by atoms with Gasteiger partial charge < -0.3 is 13.9 Å². The van der Waals surface area contributed by atoms with Crippen molar-refractivity contribution in [2.24, 2.45) is 5.92 Å². The molecule has 1 aromatic carbocycles. The fraction of sp³-hybridized carbons (Fsp3) is 0.522. The van der Waals surface area contributed by atoms with Crippen molar-refractivity contribution in [1.82, 2.24) is 0 Å². The van der Waals surface area contributed by atoms with Crippen molar-refractivity contribution in [1.29, 1.82) is 0 Å². The third-order valence-corrected chi connectivity index (χ3v) is 4.97. The van der Waals surface area contributed by atoms with E-state index in [4.69, 9.17) is 13.9 Å². The molecule has 0 aliphatic heterocycles. The lowest BCUT2D eigenvalue weighted by Gasteiger charge is -2.20. The van der Waals surface area contributed by atoms with Crippen LogP contribution in [0.3, 0.4) is 0 Å². The second kappa shape index (κ2) is 9.72. The third kappa shape index (κ3) is 5.05. The molecule has 2 aromatic rings. The van der Waals surface area contributed by atoms with Gasteiger partial charge in [-0.25, -0.2) is 9.59 Å². The van der Waals surface area contributed by atoms with Crippen molar-refractivity contribution in [3.63, 3.8) is 0 Å². The van der Waals surface area contributed by atoms with Crippen LogP contribution in [0.2, 0.25) is 0 Å². The van der Waals surface area contributed by atoms with Crippen molar-refractivity contribution in [2.45, 2.75) is 66.4 Å². The quantitative estimate of drug-likeness (QED) is 0.346. The van der Waals surface area contributed by atoms with Crippen molar-refractivity contribution in [3.05, 3.63) is 39.2 Å². The van der Waals surface area contributed by atoms with E-state index in [1.54, 1.807) is 12.1 Å². The number of rotatable bonds is 9. The van der Waals surface area contributed by atoms with Crippen LogP contribution in [0.1, 0.15) is 68.4 Å². The van der Waals surface area contributed by atoms with Gasteiger partial charge in [0.2, 0.25) is 0 Å². The minimum absolute atomic E-state index is 0.169. The zero-order chi connectivity index (χ0) is 21.7. The van der Waals surface area contributed by atoms with Crippen LogP contribution in [0.5, 0.6) is 5.75 Å². The summed E-state index contributed by atoms with van der Waals surface area (Å²) in [4.78, 5) is 37.2. The smallest absolute Gasteiger partial charge is 0.347 e. The molecule has 0 saturated carbocycles. The Morgan fingerprint density at radius 3 is 2.45 bits per heavy atom. The lowest BCUT2D eigenvalue weighted by atomic mass is 9.98. The van der Waals surface area contributed by atoms with Crippen LogP contribution in [0.25, 0.3) is 11.0 Å². The molecule has 0 bridgehead atoms. The Labute approximate surface area is 171 Å². The molecule has 29 heavy (non-hydrogen) atoms. The van der Waals surface area contributed by atoms with E-state index in [-0.39, 0.29) is 28.6 Å². The van der Waals surface area contributed by atoms with Crippen molar-refractivity contribution in [3.8, 4) is 5.75 Å². The third-order valence-electron chi connectivity index (χ3n) is 4.97. The summed E-state index contributed by atoms with van der Waals surface area (Å²) < 4.78 is 16.3. The Kier molecular flexibility index (Phi) is 7.59. The number of ketones is 1. The van der Waals surface area contributed by atoms with E-state index >= 15 is 0 Å². The van der Waals surface area contributed by atoms with Crippen molar-refractivity contribution < 1.29 is 23.5 Å². The van der Waals surface area contributed by atoms with Crippen LogP contribution in [0.15, 0.2) is 21.3 Å². The summed E-state index contributed by atoms with van der Waals surface area (Å²) in [5.74, 6) is -0.421. The summed E-state index contributed by atoms with van der Waals surface area (Å²) in [5.41, 5.74) is 1.38. The highest BCUT2D eigenvalue weighted by atomic mass is 16.6.